The first-order valence-corrected chi connectivity index (χ1v) is 9.24. The summed E-state index contributed by atoms with van der Waals surface area (Å²) in [6.07, 6.45) is 0. The number of non-ortho nitro benzene ring substituents is 1. The molecule has 0 aliphatic carbocycles. The Bertz CT molecular complexity index is 1110. The molecule has 1 aliphatic rings. The Hall–Kier alpha value is -2.52. The maximum atomic E-state index is 12.8. The van der Waals surface area contributed by atoms with Crippen LogP contribution in [-0.4, -0.2) is 26.0 Å². The van der Waals surface area contributed by atoms with Crippen LogP contribution in [0.1, 0.15) is 16.0 Å². The maximum Gasteiger partial charge on any atom is 0.283 e. The zero-order valence-electron chi connectivity index (χ0n) is 13.3. The van der Waals surface area contributed by atoms with Crippen molar-refractivity contribution in [2.75, 3.05) is 5.75 Å². The lowest BCUT2D eigenvalue weighted by Gasteiger charge is -2.15. The Morgan fingerprint density at radius 3 is 2.64 bits per heavy atom. The molecule has 0 unspecified atom stereocenters. The molecule has 0 bridgehead atoms. The summed E-state index contributed by atoms with van der Waals surface area (Å²) in [4.78, 5) is 29.6. The molecule has 0 saturated heterocycles. The number of aromatic nitrogens is 2. The van der Waals surface area contributed by atoms with Crippen LogP contribution in [-0.2, 0) is 0 Å². The van der Waals surface area contributed by atoms with Crippen molar-refractivity contribution >= 4 is 44.7 Å². The minimum Gasteiger partial charge on any atom is -0.267 e. The van der Waals surface area contributed by atoms with Crippen LogP contribution in [0.5, 0.6) is 0 Å². The number of fused-ring (bicyclic) bond motifs is 2. The van der Waals surface area contributed by atoms with Gasteiger partial charge in [0.25, 0.3) is 11.2 Å². The van der Waals surface area contributed by atoms with Crippen molar-refractivity contribution in [2.45, 2.75) is 19.0 Å². The highest BCUT2D eigenvalue weighted by molar-refractivity contribution is 7.99. The van der Waals surface area contributed by atoms with Gasteiger partial charge in [0, 0.05) is 22.8 Å². The van der Waals surface area contributed by atoms with Crippen molar-refractivity contribution < 1.29 is 4.92 Å². The van der Waals surface area contributed by atoms with E-state index < -0.39 is 4.92 Å². The minimum atomic E-state index is -0.441. The second-order valence-electron chi connectivity index (χ2n) is 5.61. The van der Waals surface area contributed by atoms with Crippen LogP contribution in [0.3, 0.4) is 0 Å². The maximum absolute atomic E-state index is 12.8. The summed E-state index contributed by atoms with van der Waals surface area (Å²) in [5.74, 6) is 0.555. The molecule has 0 saturated carbocycles. The third-order valence-corrected chi connectivity index (χ3v) is 6.16. The first kappa shape index (κ1) is 16.0. The molecule has 3 aromatic rings. The van der Waals surface area contributed by atoms with Crippen LogP contribution in [0.2, 0.25) is 0 Å². The quantitative estimate of drug-likeness (QED) is 0.391. The molecule has 25 heavy (non-hydrogen) atoms. The number of aryl methyl sites for hydroxylation is 2. The fourth-order valence-electron chi connectivity index (χ4n) is 2.65. The fraction of sp³-hybridized carbons (Fsp3) is 0.188. The normalized spacial score (nSPS) is 13.6. The van der Waals surface area contributed by atoms with Gasteiger partial charge in [-0.05, 0) is 37.1 Å². The third-order valence-electron chi connectivity index (χ3n) is 4.12. The molecule has 7 nitrogen and oxygen atoms in total. The Morgan fingerprint density at radius 2 is 1.96 bits per heavy atom. The molecule has 2 aromatic heterocycles. The Labute approximate surface area is 150 Å². The molecule has 3 heterocycles. The number of rotatable bonds is 2. The molecule has 126 valence electrons. The van der Waals surface area contributed by atoms with Crippen LogP contribution in [0, 0.1) is 24.0 Å². The molecule has 0 atom stereocenters. The van der Waals surface area contributed by atoms with E-state index in [1.54, 1.807) is 12.1 Å². The standard InChI is InChI=1S/C16H12N4O3S2/c1-8-9(2)25-14-13(8)15(21)19-16(17-14)24-7-12(18-19)10-3-5-11(6-4-10)20(22)23/h3-6H,7H2,1-2H3. The van der Waals surface area contributed by atoms with Gasteiger partial charge in [-0.1, -0.05) is 11.8 Å². The van der Waals surface area contributed by atoms with Crippen LogP contribution >= 0.6 is 23.1 Å². The predicted octanol–water partition coefficient (Wildman–Crippen LogP) is 3.34. The lowest BCUT2D eigenvalue weighted by Crippen LogP contribution is -2.25. The number of thiophene rings is 1. The summed E-state index contributed by atoms with van der Waals surface area (Å²) in [5.41, 5.74) is 2.25. The molecule has 0 spiro atoms. The van der Waals surface area contributed by atoms with Crippen molar-refractivity contribution in [3.8, 4) is 0 Å². The largest absolute Gasteiger partial charge is 0.283 e. The number of nitro groups is 1. The number of hydrogen-bond acceptors (Lipinski definition) is 7. The van der Waals surface area contributed by atoms with Crippen LogP contribution in [0.25, 0.3) is 10.2 Å². The van der Waals surface area contributed by atoms with Gasteiger partial charge < -0.3 is 0 Å². The predicted molar refractivity (Wildman–Crippen MR) is 99.1 cm³/mol. The summed E-state index contributed by atoms with van der Waals surface area (Å²) in [5, 5.41) is 16.4. The zero-order chi connectivity index (χ0) is 17.7. The lowest BCUT2D eigenvalue weighted by atomic mass is 10.1. The Balaban J connectivity index is 1.85. The molecule has 0 amide bonds. The van der Waals surface area contributed by atoms with E-state index in [0.29, 0.717) is 22.0 Å². The lowest BCUT2D eigenvalue weighted by molar-refractivity contribution is -0.384. The molecule has 0 fully saturated rings. The van der Waals surface area contributed by atoms with Crippen LogP contribution in [0.4, 0.5) is 5.69 Å². The molecule has 1 aromatic carbocycles. The number of nitrogens with zero attached hydrogens (tertiary/aromatic N) is 4. The van der Waals surface area contributed by atoms with Gasteiger partial charge >= 0.3 is 0 Å². The average Bonchev–Trinajstić information content (AvgIpc) is 2.89. The van der Waals surface area contributed by atoms with Gasteiger partial charge in [0.05, 0.1) is 16.0 Å². The molecule has 0 N–H and O–H groups in total. The van der Waals surface area contributed by atoms with Crippen LogP contribution < -0.4 is 5.56 Å². The van der Waals surface area contributed by atoms with E-state index in [1.165, 1.54) is 39.9 Å². The van der Waals surface area contributed by atoms with Crippen molar-refractivity contribution in [1.29, 1.82) is 0 Å². The minimum absolute atomic E-state index is 0.0260. The molecule has 0 radical (unpaired) electrons. The van der Waals surface area contributed by atoms with Gasteiger partial charge in [0.1, 0.15) is 4.83 Å². The van der Waals surface area contributed by atoms with E-state index in [-0.39, 0.29) is 11.2 Å². The third kappa shape index (κ3) is 2.56. The summed E-state index contributed by atoms with van der Waals surface area (Å²) in [7, 11) is 0. The van der Waals surface area contributed by atoms with Gasteiger partial charge in [-0.15, -0.1) is 11.3 Å². The Morgan fingerprint density at radius 1 is 1.24 bits per heavy atom. The van der Waals surface area contributed by atoms with Crippen molar-refractivity contribution in [3.05, 3.63) is 60.7 Å². The van der Waals surface area contributed by atoms with E-state index in [9.17, 15) is 14.9 Å². The van der Waals surface area contributed by atoms with Crippen molar-refractivity contribution in [3.63, 3.8) is 0 Å². The summed E-state index contributed by atoms with van der Waals surface area (Å²) in [6, 6.07) is 6.18. The number of benzene rings is 1. The summed E-state index contributed by atoms with van der Waals surface area (Å²) < 4.78 is 1.34. The number of thioether (sulfide) groups is 1. The van der Waals surface area contributed by atoms with E-state index in [0.717, 1.165) is 20.8 Å². The average molecular weight is 372 g/mol. The monoisotopic (exact) mass is 372 g/mol. The SMILES string of the molecule is Cc1sc2nc3n(c(=O)c2c1C)N=C(c1ccc([N+](=O)[O-])cc1)CS3. The Kier molecular flexibility index (Phi) is 3.69. The second-order valence-corrected chi connectivity index (χ2v) is 7.76. The summed E-state index contributed by atoms with van der Waals surface area (Å²) >= 11 is 2.96. The first-order chi connectivity index (χ1) is 12.0. The van der Waals surface area contributed by atoms with E-state index in [4.69, 9.17) is 0 Å². The van der Waals surface area contributed by atoms with Gasteiger partial charge in [-0.2, -0.15) is 9.78 Å². The molecule has 4 rings (SSSR count). The molecular weight excluding hydrogens is 360 g/mol. The van der Waals surface area contributed by atoms with Gasteiger partial charge in [0.2, 0.25) is 0 Å². The van der Waals surface area contributed by atoms with Crippen molar-refractivity contribution in [1.82, 2.24) is 9.66 Å². The zero-order valence-corrected chi connectivity index (χ0v) is 15.0. The fourth-order valence-corrected chi connectivity index (χ4v) is 4.62. The number of hydrogen-bond donors (Lipinski definition) is 0. The highest BCUT2D eigenvalue weighted by Gasteiger charge is 2.21. The van der Waals surface area contributed by atoms with E-state index in [2.05, 4.69) is 10.1 Å². The van der Waals surface area contributed by atoms with Gasteiger partial charge in [-0.3, -0.25) is 14.9 Å². The van der Waals surface area contributed by atoms with Gasteiger partial charge in [-0.25, -0.2) is 4.98 Å². The molecular formula is C16H12N4O3S2. The highest BCUT2D eigenvalue weighted by Crippen LogP contribution is 2.30. The van der Waals surface area contributed by atoms with E-state index in [1.807, 2.05) is 13.8 Å². The second kappa shape index (κ2) is 5.78. The van der Waals surface area contributed by atoms with E-state index >= 15 is 0 Å². The summed E-state index contributed by atoms with van der Waals surface area (Å²) in [6.45, 7) is 3.89. The first-order valence-electron chi connectivity index (χ1n) is 7.44. The topological polar surface area (TPSA) is 90.4 Å². The van der Waals surface area contributed by atoms with Gasteiger partial charge in [0.15, 0.2) is 5.16 Å². The highest BCUT2D eigenvalue weighted by atomic mass is 32.2. The van der Waals surface area contributed by atoms with Crippen molar-refractivity contribution in [2.24, 2.45) is 5.10 Å². The van der Waals surface area contributed by atoms with Crippen LogP contribution in [0.15, 0.2) is 39.3 Å². The smallest absolute Gasteiger partial charge is 0.267 e. The molecule has 1 aliphatic heterocycles. The number of nitro benzene ring substituents is 1. The molecule has 9 heteroatoms.